The minimum absolute atomic E-state index is 0.347. The standard InChI is InChI=1S/C12H9N3OS/c13-12-10(9-2-1-7-17-9)11(15-16-12)8-3-5-14-6-4-8/h1-7H,13H2. The lowest BCUT2D eigenvalue weighted by Crippen LogP contribution is -1.85. The Labute approximate surface area is 102 Å². The van der Waals surface area contributed by atoms with Crippen LogP contribution in [0.15, 0.2) is 46.6 Å². The molecule has 0 radical (unpaired) electrons. The summed E-state index contributed by atoms with van der Waals surface area (Å²) < 4.78 is 5.09. The molecule has 3 aromatic rings. The molecule has 3 rings (SSSR count). The number of pyridine rings is 1. The molecule has 0 aromatic carbocycles. The highest BCUT2D eigenvalue weighted by Crippen LogP contribution is 2.38. The van der Waals surface area contributed by atoms with E-state index in [2.05, 4.69) is 10.1 Å². The van der Waals surface area contributed by atoms with E-state index in [9.17, 15) is 0 Å². The summed E-state index contributed by atoms with van der Waals surface area (Å²) in [5.74, 6) is 0.347. The molecule has 3 aromatic heterocycles. The van der Waals surface area contributed by atoms with Crippen LogP contribution in [0.1, 0.15) is 0 Å². The van der Waals surface area contributed by atoms with Crippen LogP contribution in [0, 0.1) is 0 Å². The smallest absolute Gasteiger partial charge is 0.231 e. The largest absolute Gasteiger partial charge is 0.367 e. The first-order valence-corrected chi connectivity index (χ1v) is 5.93. The molecule has 0 saturated heterocycles. The lowest BCUT2D eigenvalue weighted by atomic mass is 10.1. The van der Waals surface area contributed by atoms with Crippen molar-refractivity contribution in [2.75, 3.05) is 5.73 Å². The van der Waals surface area contributed by atoms with Crippen molar-refractivity contribution in [1.29, 1.82) is 0 Å². The van der Waals surface area contributed by atoms with Crippen LogP contribution in [0.3, 0.4) is 0 Å². The van der Waals surface area contributed by atoms with Crippen LogP contribution in [0.25, 0.3) is 21.7 Å². The Morgan fingerprint density at radius 2 is 2.00 bits per heavy atom. The van der Waals surface area contributed by atoms with Crippen LogP contribution in [0.4, 0.5) is 5.88 Å². The minimum Gasteiger partial charge on any atom is -0.367 e. The molecule has 0 unspecified atom stereocenters. The van der Waals surface area contributed by atoms with Gasteiger partial charge in [0.2, 0.25) is 5.88 Å². The molecule has 84 valence electrons. The van der Waals surface area contributed by atoms with Gasteiger partial charge in [-0.15, -0.1) is 11.3 Å². The van der Waals surface area contributed by atoms with Gasteiger partial charge in [-0.25, -0.2) is 0 Å². The van der Waals surface area contributed by atoms with Gasteiger partial charge in [0.25, 0.3) is 0 Å². The maximum atomic E-state index is 5.83. The predicted molar refractivity (Wildman–Crippen MR) is 67.5 cm³/mol. The van der Waals surface area contributed by atoms with E-state index >= 15 is 0 Å². The van der Waals surface area contributed by atoms with Crippen molar-refractivity contribution in [1.82, 2.24) is 10.1 Å². The number of hydrogen-bond acceptors (Lipinski definition) is 5. The van der Waals surface area contributed by atoms with Crippen molar-refractivity contribution in [2.45, 2.75) is 0 Å². The number of aromatic nitrogens is 2. The van der Waals surface area contributed by atoms with Gasteiger partial charge in [-0.05, 0) is 23.6 Å². The molecule has 0 fully saturated rings. The average Bonchev–Trinajstić information content (AvgIpc) is 2.99. The van der Waals surface area contributed by atoms with Crippen molar-refractivity contribution in [3.63, 3.8) is 0 Å². The molecule has 0 aliphatic heterocycles. The lowest BCUT2D eigenvalue weighted by molar-refractivity contribution is 0.439. The van der Waals surface area contributed by atoms with Crippen molar-refractivity contribution in [2.24, 2.45) is 0 Å². The molecular formula is C12H9N3OS. The van der Waals surface area contributed by atoms with E-state index in [1.165, 1.54) is 0 Å². The van der Waals surface area contributed by atoms with Gasteiger partial charge in [0.1, 0.15) is 5.69 Å². The van der Waals surface area contributed by atoms with E-state index in [1.807, 2.05) is 29.6 Å². The Bertz CT molecular complexity index is 617. The molecular weight excluding hydrogens is 234 g/mol. The van der Waals surface area contributed by atoms with Gasteiger partial charge in [0, 0.05) is 22.8 Å². The number of nitrogens with zero attached hydrogens (tertiary/aromatic N) is 2. The zero-order chi connectivity index (χ0) is 11.7. The fourth-order valence-electron chi connectivity index (χ4n) is 1.67. The van der Waals surface area contributed by atoms with E-state index in [0.717, 1.165) is 21.7 Å². The molecule has 0 bridgehead atoms. The number of nitrogens with two attached hydrogens (primary N) is 1. The quantitative estimate of drug-likeness (QED) is 0.751. The summed E-state index contributed by atoms with van der Waals surface area (Å²) >= 11 is 1.61. The molecule has 0 atom stereocenters. The monoisotopic (exact) mass is 243 g/mol. The maximum absolute atomic E-state index is 5.83. The SMILES string of the molecule is Nc1onc(-c2ccncc2)c1-c1cccs1. The minimum atomic E-state index is 0.347. The van der Waals surface area contributed by atoms with Gasteiger partial charge >= 0.3 is 0 Å². The van der Waals surface area contributed by atoms with Gasteiger partial charge in [-0.3, -0.25) is 4.98 Å². The van der Waals surface area contributed by atoms with Crippen LogP contribution >= 0.6 is 11.3 Å². The second-order valence-electron chi connectivity index (χ2n) is 3.48. The summed E-state index contributed by atoms with van der Waals surface area (Å²) in [5, 5.41) is 6.02. The summed E-state index contributed by atoms with van der Waals surface area (Å²) in [5.41, 5.74) is 8.39. The highest BCUT2D eigenvalue weighted by Gasteiger charge is 2.17. The molecule has 4 nitrogen and oxygen atoms in total. The van der Waals surface area contributed by atoms with Crippen LogP contribution in [0.2, 0.25) is 0 Å². The van der Waals surface area contributed by atoms with Crippen molar-refractivity contribution in [3.05, 3.63) is 42.0 Å². The lowest BCUT2D eigenvalue weighted by Gasteiger charge is -1.98. The summed E-state index contributed by atoms with van der Waals surface area (Å²) in [7, 11) is 0. The Balaban J connectivity index is 2.20. The Morgan fingerprint density at radius 1 is 1.18 bits per heavy atom. The molecule has 0 spiro atoms. The van der Waals surface area contributed by atoms with Gasteiger partial charge in [0.05, 0.1) is 5.56 Å². The Hall–Kier alpha value is -2.14. The Morgan fingerprint density at radius 3 is 2.71 bits per heavy atom. The van der Waals surface area contributed by atoms with Crippen LogP contribution in [-0.2, 0) is 0 Å². The summed E-state index contributed by atoms with van der Waals surface area (Å²) in [6.45, 7) is 0. The van der Waals surface area contributed by atoms with E-state index in [1.54, 1.807) is 23.7 Å². The number of rotatable bonds is 2. The summed E-state index contributed by atoms with van der Waals surface area (Å²) in [6.07, 6.45) is 3.44. The predicted octanol–water partition coefficient (Wildman–Crippen LogP) is 3.05. The fourth-order valence-corrected chi connectivity index (χ4v) is 2.44. The molecule has 0 amide bonds. The van der Waals surface area contributed by atoms with E-state index in [-0.39, 0.29) is 0 Å². The van der Waals surface area contributed by atoms with E-state index in [0.29, 0.717) is 5.88 Å². The topological polar surface area (TPSA) is 64.9 Å². The van der Waals surface area contributed by atoms with Crippen molar-refractivity contribution in [3.8, 4) is 21.7 Å². The second kappa shape index (κ2) is 4.03. The highest BCUT2D eigenvalue weighted by molar-refractivity contribution is 7.13. The molecule has 3 heterocycles. The second-order valence-corrected chi connectivity index (χ2v) is 4.43. The first-order chi connectivity index (χ1) is 8.36. The average molecular weight is 243 g/mol. The number of thiophene rings is 1. The normalized spacial score (nSPS) is 10.6. The number of nitrogen functional groups attached to an aromatic ring is 1. The highest BCUT2D eigenvalue weighted by atomic mass is 32.1. The Kier molecular flexibility index (Phi) is 2.38. The van der Waals surface area contributed by atoms with Gasteiger partial charge < -0.3 is 10.3 Å². The molecule has 0 saturated carbocycles. The molecule has 2 N–H and O–H groups in total. The van der Waals surface area contributed by atoms with Gasteiger partial charge in [-0.1, -0.05) is 11.2 Å². The van der Waals surface area contributed by atoms with Gasteiger partial charge in [-0.2, -0.15) is 0 Å². The summed E-state index contributed by atoms with van der Waals surface area (Å²) in [6, 6.07) is 7.74. The summed E-state index contributed by atoms with van der Waals surface area (Å²) in [4.78, 5) is 5.03. The van der Waals surface area contributed by atoms with Crippen LogP contribution in [-0.4, -0.2) is 10.1 Å². The first-order valence-electron chi connectivity index (χ1n) is 5.05. The molecule has 0 aliphatic rings. The van der Waals surface area contributed by atoms with Crippen LogP contribution in [0.5, 0.6) is 0 Å². The third kappa shape index (κ3) is 1.70. The third-order valence-electron chi connectivity index (χ3n) is 2.44. The molecule has 5 heteroatoms. The van der Waals surface area contributed by atoms with Crippen molar-refractivity contribution < 1.29 is 4.52 Å². The first kappa shape index (κ1) is 10.0. The third-order valence-corrected chi connectivity index (χ3v) is 3.33. The number of anilines is 1. The molecule has 17 heavy (non-hydrogen) atoms. The molecule has 0 aliphatic carbocycles. The number of hydrogen-bond donors (Lipinski definition) is 1. The van der Waals surface area contributed by atoms with E-state index in [4.69, 9.17) is 10.3 Å². The fraction of sp³-hybridized carbons (Fsp3) is 0. The van der Waals surface area contributed by atoms with Crippen molar-refractivity contribution >= 4 is 17.2 Å². The maximum Gasteiger partial charge on any atom is 0.231 e. The van der Waals surface area contributed by atoms with Gasteiger partial charge in [0.15, 0.2) is 0 Å². The zero-order valence-electron chi connectivity index (χ0n) is 8.83. The van der Waals surface area contributed by atoms with Crippen LogP contribution < -0.4 is 5.73 Å². The zero-order valence-corrected chi connectivity index (χ0v) is 9.65. The van der Waals surface area contributed by atoms with E-state index < -0.39 is 0 Å².